The quantitative estimate of drug-likeness (QED) is 0.871. The van der Waals surface area contributed by atoms with Crippen LogP contribution in [0.2, 0.25) is 0 Å². The van der Waals surface area contributed by atoms with Crippen LogP contribution in [0.25, 0.3) is 0 Å². The van der Waals surface area contributed by atoms with Crippen molar-refractivity contribution in [1.29, 1.82) is 0 Å². The number of hydrogen-bond donors (Lipinski definition) is 1. The number of benzene rings is 1. The van der Waals surface area contributed by atoms with Gasteiger partial charge in [0.05, 0.1) is 18.9 Å². The molecular weight excluding hydrogens is 228 g/mol. The summed E-state index contributed by atoms with van der Waals surface area (Å²) in [6, 6.07) is 6.01. The molecule has 0 spiro atoms. The zero-order valence-electron chi connectivity index (χ0n) is 11.0. The number of nitrogens with one attached hydrogen (secondary N) is 1. The smallest absolute Gasteiger partial charge is 0.161 e. The average Bonchev–Trinajstić information content (AvgIpc) is 2.42. The summed E-state index contributed by atoms with van der Waals surface area (Å²) in [5.74, 6) is 1.59. The van der Waals surface area contributed by atoms with Crippen molar-refractivity contribution in [2.75, 3.05) is 19.8 Å². The van der Waals surface area contributed by atoms with Crippen LogP contribution < -0.4 is 14.9 Å². The first-order valence-corrected chi connectivity index (χ1v) is 6.54. The number of rotatable bonds is 5. The molecule has 4 heteroatoms. The van der Waals surface area contributed by atoms with E-state index in [1.807, 2.05) is 32.0 Å². The predicted molar refractivity (Wildman–Crippen MR) is 72.6 cm³/mol. The van der Waals surface area contributed by atoms with Crippen LogP contribution in [0, 0.1) is 0 Å². The highest BCUT2D eigenvalue weighted by Gasteiger charge is 2.12. The van der Waals surface area contributed by atoms with Gasteiger partial charge in [0.25, 0.3) is 0 Å². The summed E-state index contributed by atoms with van der Waals surface area (Å²) in [7, 11) is 0. The Bertz CT molecular complexity index is 430. The molecule has 0 saturated carbocycles. The molecule has 0 atom stereocenters. The van der Waals surface area contributed by atoms with E-state index in [0.29, 0.717) is 13.2 Å². The molecule has 0 unspecified atom stereocenters. The van der Waals surface area contributed by atoms with E-state index < -0.39 is 0 Å². The fourth-order valence-electron chi connectivity index (χ4n) is 1.98. The zero-order valence-corrected chi connectivity index (χ0v) is 11.0. The molecule has 0 saturated heterocycles. The van der Waals surface area contributed by atoms with Gasteiger partial charge < -0.3 is 14.9 Å². The summed E-state index contributed by atoms with van der Waals surface area (Å²) in [5.41, 5.74) is 5.23. The Morgan fingerprint density at radius 2 is 1.94 bits per heavy atom. The molecule has 4 nitrogen and oxygen atoms in total. The molecule has 0 amide bonds. The molecule has 0 aliphatic carbocycles. The van der Waals surface area contributed by atoms with Crippen LogP contribution >= 0.6 is 0 Å². The normalized spacial score (nSPS) is 14.7. The second-order valence-electron chi connectivity index (χ2n) is 4.10. The van der Waals surface area contributed by atoms with Crippen molar-refractivity contribution in [1.82, 2.24) is 5.43 Å². The maximum atomic E-state index is 5.62. The van der Waals surface area contributed by atoms with Crippen molar-refractivity contribution in [3.63, 3.8) is 0 Å². The van der Waals surface area contributed by atoms with Gasteiger partial charge in [0.1, 0.15) is 0 Å². The Morgan fingerprint density at radius 3 is 2.61 bits per heavy atom. The first-order chi connectivity index (χ1) is 8.85. The summed E-state index contributed by atoms with van der Waals surface area (Å²) in [6.45, 7) is 6.18. The lowest BCUT2D eigenvalue weighted by atomic mass is 10.0. The van der Waals surface area contributed by atoms with E-state index in [-0.39, 0.29) is 0 Å². The SMILES string of the molecule is CCOc1ccc(C2=NNCCC2)cc1OCC. The van der Waals surface area contributed by atoms with E-state index in [9.17, 15) is 0 Å². The van der Waals surface area contributed by atoms with E-state index in [0.717, 1.165) is 42.2 Å². The van der Waals surface area contributed by atoms with Crippen molar-refractivity contribution in [2.45, 2.75) is 26.7 Å². The molecule has 0 bridgehead atoms. The van der Waals surface area contributed by atoms with Crippen LogP contribution in [0.4, 0.5) is 0 Å². The molecule has 98 valence electrons. The fourth-order valence-corrected chi connectivity index (χ4v) is 1.98. The second-order valence-corrected chi connectivity index (χ2v) is 4.10. The Morgan fingerprint density at radius 1 is 1.17 bits per heavy atom. The van der Waals surface area contributed by atoms with Crippen molar-refractivity contribution < 1.29 is 9.47 Å². The highest BCUT2D eigenvalue weighted by atomic mass is 16.5. The van der Waals surface area contributed by atoms with Gasteiger partial charge in [0.2, 0.25) is 0 Å². The monoisotopic (exact) mass is 248 g/mol. The van der Waals surface area contributed by atoms with E-state index in [2.05, 4.69) is 10.5 Å². The second kappa shape index (κ2) is 6.28. The van der Waals surface area contributed by atoms with Crippen LogP contribution in [-0.2, 0) is 0 Å². The van der Waals surface area contributed by atoms with Crippen molar-refractivity contribution in [2.24, 2.45) is 5.10 Å². The minimum Gasteiger partial charge on any atom is -0.490 e. The third-order valence-electron chi connectivity index (χ3n) is 2.79. The van der Waals surface area contributed by atoms with E-state index in [4.69, 9.17) is 9.47 Å². The Kier molecular flexibility index (Phi) is 4.45. The summed E-state index contributed by atoms with van der Waals surface area (Å²) in [4.78, 5) is 0. The lowest BCUT2D eigenvalue weighted by Crippen LogP contribution is -2.19. The maximum absolute atomic E-state index is 5.62. The number of nitrogens with zero attached hydrogens (tertiary/aromatic N) is 1. The van der Waals surface area contributed by atoms with Gasteiger partial charge in [0.15, 0.2) is 11.5 Å². The maximum Gasteiger partial charge on any atom is 0.161 e. The molecule has 0 aromatic heterocycles. The molecule has 1 aliphatic rings. The van der Waals surface area contributed by atoms with Crippen LogP contribution in [0.3, 0.4) is 0 Å². The van der Waals surface area contributed by atoms with Crippen LogP contribution in [0.5, 0.6) is 11.5 Å². The molecule has 1 heterocycles. The van der Waals surface area contributed by atoms with Gasteiger partial charge in [-0.15, -0.1) is 0 Å². The first-order valence-electron chi connectivity index (χ1n) is 6.54. The van der Waals surface area contributed by atoms with Gasteiger partial charge in [-0.1, -0.05) is 0 Å². The first kappa shape index (κ1) is 12.7. The minimum absolute atomic E-state index is 0.633. The molecule has 1 N–H and O–H groups in total. The lowest BCUT2D eigenvalue weighted by molar-refractivity contribution is 0.287. The summed E-state index contributed by atoms with van der Waals surface area (Å²) >= 11 is 0. The van der Waals surface area contributed by atoms with E-state index in [1.165, 1.54) is 0 Å². The average molecular weight is 248 g/mol. The summed E-state index contributed by atoms with van der Waals surface area (Å²) < 4.78 is 11.2. The van der Waals surface area contributed by atoms with Crippen LogP contribution in [0.15, 0.2) is 23.3 Å². The number of ether oxygens (including phenoxy) is 2. The molecule has 0 radical (unpaired) electrons. The van der Waals surface area contributed by atoms with Crippen LogP contribution in [-0.4, -0.2) is 25.5 Å². The van der Waals surface area contributed by atoms with E-state index >= 15 is 0 Å². The van der Waals surface area contributed by atoms with Crippen molar-refractivity contribution in [3.8, 4) is 11.5 Å². The molecule has 1 aliphatic heterocycles. The molecule has 0 fully saturated rings. The van der Waals surface area contributed by atoms with Gasteiger partial charge >= 0.3 is 0 Å². The van der Waals surface area contributed by atoms with Gasteiger partial charge in [-0.2, -0.15) is 5.10 Å². The largest absolute Gasteiger partial charge is 0.490 e. The number of hydrogen-bond acceptors (Lipinski definition) is 4. The van der Waals surface area contributed by atoms with Gasteiger partial charge in [-0.05, 0) is 44.9 Å². The standard InChI is InChI=1S/C14H20N2O2/c1-3-17-13-8-7-11(10-14(13)18-4-2)12-6-5-9-15-16-12/h7-8,10,15H,3-6,9H2,1-2H3. The summed E-state index contributed by atoms with van der Waals surface area (Å²) in [5, 5.41) is 4.35. The molecular formula is C14H20N2O2. The zero-order chi connectivity index (χ0) is 12.8. The fraction of sp³-hybridized carbons (Fsp3) is 0.500. The Hall–Kier alpha value is -1.71. The van der Waals surface area contributed by atoms with Crippen molar-refractivity contribution in [3.05, 3.63) is 23.8 Å². The minimum atomic E-state index is 0.633. The number of hydrazone groups is 1. The topological polar surface area (TPSA) is 42.8 Å². The predicted octanol–water partition coefficient (Wildman–Crippen LogP) is 2.57. The Balaban J connectivity index is 2.26. The Labute approximate surface area is 108 Å². The van der Waals surface area contributed by atoms with E-state index in [1.54, 1.807) is 0 Å². The van der Waals surface area contributed by atoms with Gasteiger partial charge in [-0.3, -0.25) is 0 Å². The molecule has 1 aromatic rings. The van der Waals surface area contributed by atoms with Crippen molar-refractivity contribution >= 4 is 5.71 Å². The van der Waals surface area contributed by atoms with Gasteiger partial charge in [0, 0.05) is 12.1 Å². The molecule has 18 heavy (non-hydrogen) atoms. The third-order valence-corrected chi connectivity index (χ3v) is 2.79. The molecule has 2 rings (SSSR count). The lowest BCUT2D eigenvalue weighted by Gasteiger charge is -2.16. The van der Waals surface area contributed by atoms with Gasteiger partial charge in [-0.25, -0.2) is 0 Å². The third kappa shape index (κ3) is 2.94. The highest BCUT2D eigenvalue weighted by molar-refractivity contribution is 6.01. The molecule has 1 aromatic carbocycles. The highest BCUT2D eigenvalue weighted by Crippen LogP contribution is 2.29. The van der Waals surface area contributed by atoms with Crippen LogP contribution in [0.1, 0.15) is 32.3 Å². The summed E-state index contributed by atoms with van der Waals surface area (Å²) in [6.07, 6.45) is 2.13.